The van der Waals surface area contributed by atoms with Gasteiger partial charge in [-0.1, -0.05) is 32.0 Å². The predicted octanol–water partition coefficient (Wildman–Crippen LogP) is 4.00. The van der Waals surface area contributed by atoms with E-state index in [9.17, 15) is 4.79 Å². The number of likely N-dealkylation sites (tertiary alicyclic amines) is 1. The minimum atomic E-state index is 0.202. The van der Waals surface area contributed by atoms with Crippen LogP contribution in [0, 0.1) is 12.8 Å². The topological polar surface area (TPSA) is 64.2 Å². The van der Waals surface area contributed by atoms with E-state index in [-0.39, 0.29) is 5.91 Å². The van der Waals surface area contributed by atoms with E-state index >= 15 is 0 Å². The molecule has 7 heteroatoms. The van der Waals surface area contributed by atoms with E-state index in [4.69, 9.17) is 4.42 Å². The van der Waals surface area contributed by atoms with Crippen molar-refractivity contribution >= 4 is 17.7 Å². The van der Waals surface area contributed by atoms with Crippen LogP contribution in [-0.4, -0.2) is 44.4 Å². The number of aromatic nitrogens is 3. The lowest BCUT2D eigenvalue weighted by Crippen LogP contribution is -2.38. The zero-order valence-corrected chi connectivity index (χ0v) is 16.7. The number of nitrogens with zero attached hydrogens (tertiary/aromatic N) is 4. The third kappa shape index (κ3) is 4.31. The first-order valence-corrected chi connectivity index (χ1v) is 10.5. The first-order valence-electron chi connectivity index (χ1n) is 9.48. The maximum Gasteiger partial charge on any atom is 0.233 e. The molecule has 1 amide bonds. The van der Waals surface area contributed by atoms with Crippen molar-refractivity contribution in [2.24, 2.45) is 5.92 Å². The molecule has 0 radical (unpaired) electrons. The van der Waals surface area contributed by atoms with Gasteiger partial charge in [0, 0.05) is 19.6 Å². The maximum atomic E-state index is 12.5. The summed E-state index contributed by atoms with van der Waals surface area (Å²) in [7, 11) is 0. The summed E-state index contributed by atoms with van der Waals surface area (Å²) in [5.74, 6) is 3.01. The van der Waals surface area contributed by atoms with Crippen LogP contribution in [0.25, 0.3) is 11.4 Å². The fourth-order valence-corrected chi connectivity index (χ4v) is 4.07. The van der Waals surface area contributed by atoms with E-state index in [2.05, 4.69) is 28.6 Å². The van der Waals surface area contributed by atoms with Gasteiger partial charge in [-0.25, -0.2) is 0 Å². The molecule has 142 valence electrons. The molecule has 1 fully saturated rings. The Kier molecular flexibility index (Phi) is 6.40. The van der Waals surface area contributed by atoms with Gasteiger partial charge < -0.3 is 13.9 Å². The quantitative estimate of drug-likeness (QED) is 0.684. The molecule has 26 heavy (non-hydrogen) atoms. The molecule has 1 saturated heterocycles. The van der Waals surface area contributed by atoms with E-state index < -0.39 is 0 Å². The summed E-state index contributed by atoms with van der Waals surface area (Å²) in [6.45, 7) is 8.96. The highest BCUT2D eigenvalue weighted by Crippen LogP contribution is 2.28. The number of hydrogen-bond donors (Lipinski definition) is 0. The molecular formula is C19H28N4O2S. The summed E-state index contributed by atoms with van der Waals surface area (Å²) in [6, 6.07) is 1.93. The Bertz CT molecular complexity index is 732. The van der Waals surface area contributed by atoms with E-state index in [1.165, 1.54) is 11.8 Å². The van der Waals surface area contributed by atoms with Gasteiger partial charge in [0.25, 0.3) is 0 Å². The summed E-state index contributed by atoms with van der Waals surface area (Å²) in [5.41, 5.74) is 0.969. The Hall–Kier alpha value is -1.76. The molecule has 3 rings (SSSR count). The molecule has 0 aromatic carbocycles. The normalized spacial score (nSPS) is 15.6. The Morgan fingerprint density at radius 1 is 1.35 bits per heavy atom. The van der Waals surface area contributed by atoms with Gasteiger partial charge in [-0.15, -0.1) is 10.2 Å². The Balaban J connectivity index is 1.70. The lowest BCUT2D eigenvalue weighted by molar-refractivity contribution is -0.129. The van der Waals surface area contributed by atoms with Crippen LogP contribution >= 0.6 is 11.8 Å². The van der Waals surface area contributed by atoms with Crippen molar-refractivity contribution in [2.45, 2.75) is 58.2 Å². The number of thioether (sulfide) groups is 1. The third-order valence-corrected chi connectivity index (χ3v) is 5.96. The molecule has 0 atom stereocenters. The van der Waals surface area contributed by atoms with E-state index in [1.807, 2.05) is 17.9 Å². The smallest absolute Gasteiger partial charge is 0.233 e. The largest absolute Gasteiger partial charge is 0.469 e. The number of carbonyl (C=O) groups excluding carboxylic acids is 1. The van der Waals surface area contributed by atoms with Crippen LogP contribution in [0.3, 0.4) is 0 Å². The lowest BCUT2D eigenvalue weighted by Gasteiger charge is -2.30. The summed E-state index contributed by atoms with van der Waals surface area (Å²) < 4.78 is 7.55. The zero-order chi connectivity index (χ0) is 18.5. The van der Waals surface area contributed by atoms with Crippen LogP contribution in [0.15, 0.2) is 21.9 Å². The van der Waals surface area contributed by atoms with Gasteiger partial charge in [0.05, 0.1) is 17.6 Å². The predicted molar refractivity (Wildman–Crippen MR) is 103 cm³/mol. The molecule has 3 heterocycles. The van der Waals surface area contributed by atoms with Crippen LogP contribution in [-0.2, 0) is 11.3 Å². The third-order valence-electron chi connectivity index (χ3n) is 5.01. The molecule has 0 bridgehead atoms. The number of furan rings is 1. The van der Waals surface area contributed by atoms with Crippen molar-refractivity contribution in [1.82, 2.24) is 19.7 Å². The molecule has 0 aliphatic carbocycles. The lowest BCUT2D eigenvalue weighted by atomic mass is 9.99. The molecule has 1 aliphatic heterocycles. The molecule has 2 aromatic rings. The molecule has 1 aliphatic rings. The Labute approximate surface area is 159 Å². The van der Waals surface area contributed by atoms with Gasteiger partial charge in [0.2, 0.25) is 5.91 Å². The molecule has 0 spiro atoms. The standard InChI is InChI=1S/C19H28N4O2S/c1-4-5-9-23-18(16-8-12-25-15(16)3)20-21-19(23)26-13-17(24)22-10-6-14(2)7-11-22/h8,12,14H,4-7,9-11,13H2,1-3H3. The number of amides is 1. The highest BCUT2D eigenvalue weighted by molar-refractivity contribution is 7.99. The first-order chi connectivity index (χ1) is 12.6. The fraction of sp³-hybridized carbons (Fsp3) is 0.632. The molecule has 0 N–H and O–H groups in total. The highest BCUT2D eigenvalue weighted by Gasteiger charge is 2.22. The van der Waals surface area contributed by atoms with Crippen molar-refractivity contribution in [3.8, 4) is 11.4 Å². The average Bonchev–Trinajstić information content (AvgIpc) is 3.23. The maximum absolute atomic E-state index is 12.5. The van der Waals surface area contributed by atoms with Crippen molar-refractivity contribution in [1.29, 1.82) is 0 Å². The number of rotatable bonds is 7. The minimum absolute atomic E-state index is 0.202. The second kappa shape index (κ2) is 8.75. The first kappa shape index (κ1) is 19.0. The van der Waals surface area contributed by atoms with Crippen LogP contribution in [0.1, 0.15) is 45.3 Å². The van der Waals surface area contributed by atoms with Gasteiger partial charge in [-0.3, -0.25) is 4.79 Å². The van der Waals surface area contributed by atoms with Gasteiger partial charge in [0.1, 0.15) is 5.76 Å². The number of aryl methyl sites for hydroxylation is 1. The summed E-state index contributed by atoms with van der Waals surface area (Å²) in [4.78, 5) is 14.5. The van der Waals surface area contributed by atoms with Crippen molar-refractivity contribution in [2.75, 3.05) is 18.8 Å². The second-order valence-electron chi connectivity index (χ2n) is 7.05. The van der Waals surface area contributed by atoms with E-state index in [0.29, 0.717) is 5.75 Å². The molecule has 0 saturated carbocycles. The van der Waals surface area contributed by atoms with Crippen LogP contribution < -0.4 is 0 Å². The van der Waals surface area contributed by atoms with Crippen LogP contribution in [0.4, 0.5) is 0 Å². The number of unbranched alkanes of at least 4 members (excludes halogenated alkanes) is 1. The van der Waals surface area contributed by atoms with Gasteiger partial charge in [-0.2, -0.15) is 0 Å². The van der Waals surface area contributed by atoms with Crippen molar-refractivity contribution < 1.29 is 9.21 Å². The molecule has 6 nitrogen and oxygen atoms in total. The average molecular weight is 377 g/mol. The number of piperidine rings is 1. The molecule has 2 aromatic heterocycles. The van der Waals surface area contributed by atoms with E-state index in [1.54, 1.807) is 6.26 Å². The monoisotopic (exact) mass is 376 g/mol. The van der Waals surface area contributed by atoms with Crippen molar-refractivity contribution in [3.63, 3.8) is 0 Å². The minimum Gasteiger partial charge on any atom is -0.469 e. The zero-order valence-electron chi connectivity index (χ0n) is 15.9. The second-order valence-corrected chi connectivity index (χ2v) is 8.00. The fourth-order valence-electron chi connectivity index (χ4n) is 3.21. The van der Waals surface area contributed by atoms with Crippen LogP contribution in [0.2, 0.25) is 0 Å². The van der Waals surface area contributed by atoms with Crippen LogP contribution in [0.5, 0.6) is 0 Å². The number of carbonyl (C=O) groups is 1. The van der Waals surface area contributed by atoms with Gasteiger partial charge in [-0.05, 0) is 38.2 Å². The Morgan fingerprint density at radius 3 is 2.77 bits per heavy atom. The van der Waals surface area contributed by atoms with Crippen molar-refractivity contribution in [3.05, 3.63) is 18.1 Å². The summed E-state index contributed by atoms with van der Waals surface area (Å²) in [5, 5.41) is 9.55. The Morgan fingerprint density at radius 2 is 2.12 bits per heavy atom. The highest BCUT2D eigenvalue weighted by atomic mass is 32.2. The number of hydrogen-bond acceptors (Lipinski definition) is 5. The SMILES string of the molecule is CCCCn1c(SCC(=O)N2CCC(C)CC2)nnc1-c1ccoc1C. The summed E-state index contributed by atoms with van der Waals surface area (Å²) in [6.07, 6.45) is 6.03. The summed E-state index contributed by atoms with van der Waals surface area (Å²) >= 11 is 1.49. The van der Waals surface area contributed by atoms with Gasteiger partial charge >= 0.3 is 0 Å². The molecular weight excluding hydrogens is 348 g/mol. The molecule has 0 unspecified atom stereocenters. The van der Waals surface area contributed by atoms with E-state index in [0.717, 1.165) is 73.5 Å². The van der Waals surface area contributed by atoms with Gasteiger partial charge in [0.15, 0.2) is 11.0 Å².